The van der Waals surface area contributed by atoms with E-state index in [4.69, 9.17) is 4.74 Å². The van der Waals surface area contributed by atoms with Crippen molar-refractivity contribution < 1.29 is 13.9 Å². The normalized spacial score (nSPS) is 10.7. The Morgan fingerprint density at radius 1 is 1.56 bits per heavy atom. The van der Waals surface area contributed by atoms with Gasteiger partial charge >= 0.3 is 0 Å². The Bertz CT molecular complexity index is 402. The maximum absolute atomic E-state index is 13.4. The molecule has 0 aromatic heterocycles. The number of thioether (sulfide) groups is 1. The van der Waals surface area contributed by atoms with Gasteiger partial charge in [0, 0.05) is 12.7 Å². The lowest BCUT2D eigenvalue weighted by atomic mass is 10.2. The monoisotopic (exact) mass is 240 g/mol. The Labute approximate surface area is 98.5 Å². The Kier molecular flexibility index (Phi) is 5.05. The summed E-state index contributed by atoms with van der Waals surface area (Å²) < 4.78 is 18.5. The minimum atomic E-state index is -0.330. The van der Waals surface area contributed by atoms with Gasteiger partial charge in [0.1, 0.15) is 11.6 Å². The molecule has 1 aromatic carbocycles. The molecule has 4 heteroatoms. The lowest BCUT2D eigenvalue weighted by Gasteiger charge is -2.04. The molecule has 0 aliphatic rings. The second-order valence-electron chi connectivity index (χ2n) is 3.06. The number of rotatable bonds is 4. The number of carbonyl (C=O) groups is 1. The van der Waals surface area contributed by atoms with Crippen LogP contribution in [0.25, 0.3) is 6.08 Å². The van der Waals surface area contributed by atoms with E-state index in [1.165, 1.54) is 31.9 Å². The van der Waals surface area contributed by atoms with Crippen LogP contribution in [0.15, 0.2) is 24.3 Å². The highest BCUT2D eigenvalue weighted by Crippen LogP contribution is 2.22. The van der Waals surface area contributed by atoms with Crippen LogP contribution in [0.2, 0.25) is 0 Å². The molecule has 0 amide bonds. The number of ether oxygens (including phenoxy) is 1. The minimum Gasteiger partial charge on any atom is -0.496 e. The van der Waals surface area contributed by atoms with E-state index in [9.17, 15) is 9.18 Å². The summed E-state index contributed by atoms with van der Waals surface area (Å²) in [6.45, 7) is 1.50. The summed E-state index contributed by atoms with van der Waals surface area (Å²) in [4.78, 5) is 10.7. The van der Waals surface area contributed by atoms with Gasteiger partial charge in [-0.1, -0.05) is 30.0 Å². The number of carbonyl (C=O) groups excluding carboxylic acids is 1. The van der Waals surface area contributed by atoms with Gasteiger partial charge in [-0.05, 0) is 12.1 Å². The van der Waals surface area contributed by atoms with Crippen molar-refractivity contribution in [1.82, 2.24) is 0 Å². The van der Waals surface area contributed by atoms with Crippen molar-refractivity contribution in [3.8, 4) is 5.75 Å². The molecule has 0 aliphatic heterocycles. The number of halogens is 1. The largest absolute Gasteiger partial charge is 0.496 e. The van der Waals surface area contributed by atoms with E-state index < -0.39 is 0 Å². The summed E-state index contributed by atoms with van der Waals surface area (Å²) in [5.74, 6) is 0.694. The Morgan fingerprint density at radius 2 is 2.31 bits per heavy atom. The zero-order valence-electron chi connectivity index (χ0n) is 9.20. The Balaban J connectivity index is 2.75. The second kappa shape index (κ2) is 6.33. The molecule has 0 saturated carbocycles. The molecule has 86 valence electrons. The maximum Gasteiger partial charge on any atom is 0.186 e. The van der Waals surface area contributed by atoms with E-state index in [1.54, 1.807) is 24.3 Å². The highest BCUT2D eigenvalue weighted by atomic mass is 32.2. The van der Waals surface area contributed by atoms with Crippen LogP contribution in [-0.4, -0.2) is 18.0 Å². The first-order valence-corrected chi connectivity index (χ1v) is 5.76. The lowest BCUT2D eigenvalue weighted by molar-refractivity contribution is -0.109. The van der Waals surface area contributed by atoms with Crippen molar-refractivity contribution in [1.29, 1.82) is 0 Å². The van der Waals surface area contributed by atoms with Crippen molar-refractivity contribution in [2.45, 2.75) is 6.92 Å². The fourth-order valence-electron chi connectivity index (χ4n) is 1.19. The second-order valence-corrected chi connectivity index (χ2v) is 4.26. The number of benzene rings is 1. The molecule has 0 bridgehead atoms. The van der Waals surface area contributed by atoms with E-state index in [0.717, 1.165) is 0 Å². The number of hydrogen-bond acceptors (Lipinski definition) is 3. The fraction of sp³-hybridized carbons (Fsp3) is 0.250. The average molecular weight is 240 g/mol. The van der Waals surface area contributed by atoms with Crippen molar-refractivity contribution in [3.63, 3.8) is 0 Å². The van der Waals surface area contributed by atoms with Gasteiger partial charge in [0.05, 0.1) is 12.7 Å². The number of methoxy groups -OCH3 is 1. The van der Waals surface area contributed by atoms with Gasteiger partial charge in [0.25, 0.3) is 0 Å². The molecular weight excluding hydrogens is 227 g/mol. The maximum atomic E-state index is 13.4. The predicted molar refractivity (Wildman–Crippen MR) is 65.1 cm³/mol. The molecule has 1 rings (SSSR count). The third-order valence-corrected chi connectivity index (χ3v) is 2.67. The van der Waals surface area contributed by atoms with Crippen LogP contribution < -0.4 is 4.74 Å². The van der Waals surface area contributed by atoms with E-state index >= 15 is 0 Å². The molecule has 0 atom stereocenters. The Hall–Kier alpha value is -1.29. The zero-order chi connectivity index (χ0) is 12.0. The molecule has 2 nitrogen and oxygen atoms in total. The summed E-state index contributed by atoms with van der Waals surface area (Å²) in [6, 6.07) is 4.66. The van der Waals surface area contributed by atoms with E-state index in [1.807, 2.05) is 0 Å². The summed E-state index contributed by atoms with van der Waals surface area (Å²) in [6.07, 6.45) is 3.37. The van der Waals surface area contributed by atoms with E-state index in [0.29, 0.717) is 17.1 Å². The summed E-state index contributed by atoms with van der Waals surface area (Å²) in [7, 11) is 1.50. The summed E-state index contributed by atoms with van der Waals surface area (Å²) in [5, 5.41) is 0.0464. The quantitative estimate of drug-likeness (QED) is 0.808. The predicted octanol–water partition coefficient (Wildman–Crippen LogP) is 3.13. The first-order chi connectivity index (χ1) is 7.65. The highest BCUT2D eigenvalue weighted by Gasteiger charge is 2.04. The number of hydrogen-bond donors (Lipinski definition) is 0. The fourth-order valence-corrected chi connectivity index (χ4v) is 1.62. The molecule has 16 heavy (non-hydrogen) atoms. The minimum absolute atomic E-state index is 0.0464. The molecule has 1 aromatic rings. The van der Waals surface area contributed by atoms with Crippen LogP contribution in [0.5, 0.6) is 5.75 Å². The first kappa shape index (κ1) is 12.8. The van der Waals surface area contributed by atoms with Crippen molar-refractivity contribution in [2.75, 3.05) is 12.9 Å². The van der Waals surface area contributed by atoms with Crippen molar-refractivity contribution in [2.24, 2.45) is 0 Å². The standard InChI is InChI=1S/C12H13FO2S/c1-9(14)16-8-4-5-10-11(13)6-3-7-12(10)15-2/h3-7H,8H2,1-2H3. The Morgan fingerprint density at radius 3 is 2.94 bits per heavy atom. The highest BCUT2D eigenvalue weighted by molar-refractivity contribution is 8.13. The van der Waals surface area contributed by atoms with Gasteiger partial charge in [-0.25, -0.2) is 4.39 Å². The van der Waals surface area contributed by atoms with Crippen LogP contribution in [0.3, 0.4) is 0 Å². The van der Waals surface area contributed by atoms with E-state index in [2.05, 4.69) is 0 Å². The third kappa shape index (κ3) is 3.70. The lowest BCUT2D eigenvalue weighted by Crippen LogP contribution is -1.90. The zero-order valence-corrected chi connectivity index (χ0v) is 10.0. The van der Waals surface area contributed by atoms with Crippen LogP contribution in [0, 0.1) is 5.82 Å². The molecular formula is C12H13FO2S. The molecule has 0 N–H and O–H groups in total. The third-order valence-electron chi connectivity index (χ3n) is 1.90. The van der Waals surface area contributed by atoms with Gasteiger partial charge in [-0.3, -0.25) is 4.79 Å². The average Bonchev–Trinajstić information content (AvgIpc) is 2.25. The van der Waals surface area contributed by atoms with Crippen LogP contribution in [0.4, 0.5) is 4.39 Å². The molecule has 0 heterocycles. The van der Waals surface area contributed by atoms with E-state index in [-0.39, 0.29) is 10.9 Å². The van der Waals surface area contributed by atoms with Crippen LogP contribution in [0.1, 0.15) is 12.5 Å². The van der Waals surface area contributed by atoms with Crippen LogP contribution >= 0.6 is 11.8 Å². The topological polar surface area (TPSA) is 26.3 Å². The van der Waals surface area contributed by atoms with Crippen molar-refractivity contribution >= 4 is 23.0 Å². The van der Waals surface area contributed by atoms with Crippen molar-refractivity contribution in [3.05, 3.63) is 35.7 Å². The molecule has 0 fully saturated rings. The SMILES string of the molecule is COc1cccc(F)c1C=CCSC(C)=O. The first-order valence-electron chi connectivity index (χ1n) is 4.77. The van der Waals surface area contributed by atoms with Gasteiger partial charge in [-0.2, -0.15) is 0 Å². The summed E-state index contributed by atoms with van der Waals surface area (Å²) >= 11 is 1.18. The molecule has 0 spiro atoms. The molecule has 0 unspecified atom stereocenters. The molecule has 0 saturated heterocycles. The van der Waals surface area contributed by atoms with Crippen LogP contribution in [-0.2, 0) is 4.79 Å². The summed E-state index contributed by atoms with van der Waals surface area (Å²) in [5.41, 5.74) is 0.411. The molecule has 0 aliphatic carbocycles. The van der Waals surface area contributed by atoms with Gasteiger partial charge in [0.15, 0.2) is 5.12 Å². The van der Waals surface area contributed by atoms with Gasteiger partial charge in [-0.15, -0.1) is 0 Å². The molecule has 0 radical (unpaired) electrons. The smallest absolute Gasteiger partial charge is 0.186 e. The van der Waals surface area contributed by atoms with Gasteiger partial charge in [0.2, 0.25) is 0 Å². The van der Waals surface area contributed by atoms with Gasteiger partial charge < -0.3 is 4.74 Å².